The summed E-state index contributed by atoms with van der Waals surface area (Å²) in [5.41, 5.74) is 6.07. The predicted octanol–water partition coefficient (Wildman–Crippen LogP) is 5.07. The van der Waals surface area contributed by atoms with Gasteiger partial charge < -0.3 is 5.11 Å². The number of fused-ring (bicyclic) bond motifs is 2. The van der Waals surface area contributed by atoms with Crippen LogP contribution >= 0.6 is 0 Å². The van der Waals surface area contributed by atoms with E-state index in [1.165, 1.54) is 0 Å². The second kappa shape index (κ2) is 6.72. The van der Waals surface area contributed by atoms with Crippen molar-refractivity contribution in [2.75, 3.05) is 0 Å². The predicted molar refractivity (Wildman–Crippen MR) is 124 cm³/mol. The Kier molecular flexibility index (Phi) is 4.23. The summed E-state index contributed by atoms with van der Waals surface area (Å²) in [6.45, 7) is 4.42. The monoisotopic (exact) mass is 386 g/mol. The lowest BCUT2D eigenvalue weighted by molar-refractivity contribution is 0.118. The SMILES string of the molecule is [B]c1ccc2c(c1)C(O)(c1ccccc1-c1ccccc1)c1ccccc1C2(C)C. The molecular formula is C28H23BO. The minimum Gasteiger partial charge on any atom is -0.376 e. The molecule has 4 aromatic carbocycles. The van der Waals surface area contributed by atoms with E-state index in [2.05, 4.69) is 44.2 Å². The van der Waals surface area contributed by atoms with Gasteiger partial charge in [-0.25, -0.2) is 0 Å². The van der Waals surface area contributed by atoms with Crippen LogP contribution in [0.15, 0.2) is 97.1 Å². The van der Waals surface area contributed by atoms with Crippen LogP contribution < -0.4 is 5.46 Å². The lowest BCUT2D eigenvalue weighted by Gasteiger charge is -2.45. The Labute approximate surface area is 179 Å². The Morgan fingerprint density at radius 1 is 0.600 bits per heavy atom. The Morgan fingerprint density at radius 2 is 1.17 bits per heavy atom. The third-order valence-corrected chi connectivity index (χ3v) is 6.50. The molecule has 5 rings (SSSR count). The summed E-state index contributed by atoms with van der Waals surface area (Å²) in [6, 6.07) is 32.5. The van der Waals surface area contributed by atoms with Crippen molar-refractivity contribution in [3.05, 3.63) is 125 Å². The lowest BCUT2D eigenvalue weighted by Crippen LogP contribution is -2.42. The Hall–Kier alpha value is -3.10. The van der Waals surface area contributed by atoms with E-state index in [0.717, 1.165) is 38.9 Å². The standard InChI is InChI=1S/C28H23BO/c1-27(2)23-14-8-9-15-25(23)28(30,26-18-20(29)16-17-24(26)27)22-13-7-6-12-21(22)19-10-4-3-5-11-19/h3-18,30H,1-2H3. The maximum absolute atomic E-state index is 12.6. The van der Waals surface area contributed by atoms with Gasteiger partial charge in [0.1, 0.15) is 13.4 Å². The van der Waals surface area contributed by atoms with Crippen molar-refractivity contribution < 1.29 is 5.11 Å². The summed E-state index contributed by atoms with van der Waals surface area (Å²) in [5.74, 6) is 0. The third-order valence-electron chi connectivity index (χ3n) is 6.50. The highest BCUT2D eigenvalue weighted by Gasteiger charge is 2.47. The molecule has 0 spiro atoms. The van der Waals surface area contributed by atoms with Gasteiger partial charge >= 0.3 is 0 Å². The van der Waals surface area contributed by atoms with E-state index in [0.29, 0.717) is 5.46 Å². The smallest absolute Gasteiger partial charge is 0.141 e. The van der Waals surface area contributed by atoms with Crippen LogP contribution in [0.2, 0.25) is 0 Å². The Balaban J connectivity index is 1.90. The first-order valence-corrected chi connectivity index (χ1v) is 10.3. The molecule has 0 fully saturated rings. The van der Waals surface area contributed by atoms with Crippen LogP contribution in [0.25, 0.3) is 11.1 Å². The first kappa shape index (κ1) is 18.9. The zero-order valence-electron chi connectivity index (χ0n) is 17.3. The topological polar surface area (TPSA) is 20.2 Å². The molecular weight excluding hydrogens is 363 g/mol. The molecule has 144 valence electrons. The number of rotatable bonds is 2. The molecule has 0 saturated heterocycles. The fraction of sp³-hybridized carbons (Fsp3) is 0.143. The maximum atomic E-state index is 12.6. The first-order chi connectivity index (χ1) is 14.4. The quantitative estimate of drug-likeness (QED) is 0.477. The first-order valence-electron chi connectivity index (χ1n) is 10.3. The molecule has 0 aromatic heterocycles. The zero-order chi connectivity index (χ0) is 20.9. The molecule has 0 heterocycles. The molecule has 1 unspecified atom stereocenters. The van der Waals surface area contributed by atoms with E-state index in [4.69, 9.17) is 7.85 Å². The van der Waals surface area contributed by atoms with Crippen LogP contribution in [-0.4, -0.2) is 13.0 Å². The van der Waals surface area contributed by atoms with Gasteiger partial charge in [0, 0.05) is 11.0 Å². The summed E-state index contributed by atoms with van der Waals surface area (Å²) in [7, 11) is 6.23. The van der Waals surface area contributed by atoms with Gasteiger partial charge in [0.15, 0.2) is 0 Å². The van der Waals surface area contributed by atoms with Crippen LogP contribution in [0.3, 0.4) is 0 Å². The highest BCUT2D eigenvalue weighted by Crippen LogP contribution is 2.52. The number of benzene rings is 4. The van der Waals surface area contributed by atoms with Gasteiger partial charge in [-0.1, -0.05) is 116 Å². The van der Waals surface area contributed by atoms with E-state index in [9.17, 15) is 5.11 Å². The fourth-order valence-corrected chi connectivity index (χ4v) is 5.00. The molecule has 0 amide bonds. The maximum Gasteiger partial charge on any atom is 0.141 e. The number of hydrogen-bond donors (Lipinski definition) is 1. The zero-order valence-corrected chi connectivity index (χ0v) is 17.3. The van der Waals surface area contributed by atoms with Crippen molar-refractivity contribution in [3.63, 3.8) is 0 Å². The minimum atomic E-state index is -1.30. The third kappa shape index (κ3) is 2.61. The second-order valence-electron chi connectivity index (χ2n) is 8.60. The largest absolute Gasteiger partial charge is 0.376 e. The van der Waals surface area contributed by atoms with E-state index < -0.39 is 5.60 Å². The van der Waals surface area contributed by atoms with Crippen molar-refractivity contribution in [2.24, 2.45) is 0 Å². The van der Waals surface area contributed by atoms with Crippen LogP contribution in [0, 0.1) is 0 Å². The van der Waals surface area contributed by atoms with Crippen LogP contribution in [-0.2, 0) is 11.0 Å². The van der Waals surface area contributed by atoms with Crippen molar-refractivity contribution in [3.8, 4) is 11.1 Å². The van der Waals surface area contributed by atoms with Crippen molar-refractivity contribution in [1.82, 2.24) is 0 Å². The van der Waals surface area contributed by atoms with E-state index in [1.54, 1.807) is 0 Å². The van der Waals surface area contributed by atoms with E-state index in [-0.39, 0.29) is 5.41 Å². The van der Waals surface area contributed by atoms with Crippen LogP contribution in [0.4, 0.5) is 0 Å². The molecule has 4 aromatic rings. The van der Waals surface area contributed by atoms with Gasteiger partial charge in [-0.15, -0.1) is 0 Å². The summed E-state index contributed by atoms with van der Waals surface area (Å²) in [4.78, 5) is 0. The molecule has 1 aliphatic carbocycles. The van der Waals surface area contributed by atoms with Crippen molar-refractivity contribution in [1.29, 1.82) is 0 Å². The van der Waals surface area contributed by atoms with E-state index in [1.807, 2.05) is 66.7 Å². The molecule has 2 heteroatoms. The second-order valence-corrected chi connectivity index (χ2v) is 8.60. The van der Waals surface area contributed by atoms with Crippen LogP contribution in [0.1, 0.15) is 41.7 Å². The summed E-state index contributed by atoms with van der Waals surface area (Å²) in [6.07, 6.45) is 0. The lowest BCUT2D eigenvalue weighted by atomic mass is 9.60. The highest BCUT2D eigenvalue weighted by molar-refractivity contribution is 6.32. The van der Waals surface area contributed by atoms with Crippen molar-refractivity contribution >= 4 is 13.3 Å². The molecule has 1 aliphatic rings. The fourth-order valence-electron chi connectivity index (χ4n) is 5.00. The molecule has 0 aliphatic heterocycles. The summed E-state index contributed by atoms with van der Waals surface area (Å²) in [5, 5.41) is 12.6. The number of hydrogen-bond acceptors (Lipinski definition) is 1. The van der Waals surface area contributed by atoms with E-state index >= 15 is 0 Å². The van der Waals surface area contributed by atoms with Gasteiger partial charge in [0.05, 0.1) is 0 Å². The molecule has 1 nitrogen and oxygen atoms in total. The van der Waals surface area contributed by atoms with Crippen LogP contribution in [0.5, 0.6) is 0 Å². The van der Waals surface area contributed by atoms with Gasteiger partial charge in [0.25, 0.3) is 0 Å². The molecule has 30 heavy (non-hydrogen) atoms. The van der Waals surface area contributed by atoms with Gasteiger partial charge in [-0.05, 0) is 33.4 Å². The normalized spacial score (nSPS) is 19.0. The Bertz CT molecular complexity index is 1240. The molecule has 0 saturated carbocycles. The molecule has 1 atom stereocenters. The summed E-state index contributed by atoms with van der Waals surface area (Å²) < 4.78 is 0. The van der Waals surface area contributed by atoms with Gasteiger partial charge in [-0.2, -0.15) is 0 Å². The molecule has 1 N–H and O–H groups in total. The van der Waals surface area contributed by atoms with Gasteiger partial charge in [-0.3, -0.25) is 0 Å². The molecule has 2 radical (unpaired) electrons. The highest BCUT2D eigenvalue weighted by atomic mass is 16.3. The Morgan fingerprint density at radius 3 is 1.90 bits per heavy atom. The average molecular weight is 386 g/mol. The molecule has 0 bridgehead atoms. The average Bonchev–Trinajstić information content (AvgIpc) is 2.78. The number of aliphatic hydroxyl groups is 1. The summed E-state index contributed by atoms with van der Waals surface area (Å²) >= 11 is 0. The minimum absolute atomic E-state index is 0.243. The van der Waals surface area contributed by atoms with Crippen molar-refractivity contribution in [2.45, 2.75) is 24.9 Å². The van der Waals surface area contributed by atoms with Gasteiger partial charge in [0.2, 0.25) is 0 Å².